The Morgan fingerprint density at radius 3 is 2.79 bits per heavy atom. The molecule has 0 aliphatic rings. The van der Waals surface area contributed by atoms with Gasteiger partial charge in [0.2, 0.25) is 0 Å². The third-order valence-electron chi connectivity index (χ3n) is 2.67. The van der Waals surface area contributed by atoms with Gasteiger partial charge in [-0.2, -0.15) is 0 Å². The minimum atomic E-state index is -0.0833. The highest BCUT2D eigenvalue weighted by molar-refractivity contribution is 7.12. The van der Waals surface area contributed by atoms with Crippen LogP contribution in [0.5, 0.6) is 5.75 Å². The molecule has 0 aliphatic carbocycles. The van der Waals surface area contributed by atoms with Crippen molar-refractivity contribution < 1.29 is 9.53 Å². The summed E-state index contributed by atoms with van der Waals surface area (Å²) in [5.41, 5.74) is 1.71. The zero-order valence-electron chi connectivity index (χ0n) is 11.1. The Morgan fingerprint density at radius 1 is 1.32 bits per heavy atom. The molecule has 0 unspecified atom stereocenters. The third-order valence-corrected chi connectivity index (χ3v) is 3.68. The summed E-state index contributed by atoms with van der Waals surface area (Å²) in [5.74, 6) is 0.631. The van der Waals surface area contributed by atoms with Crippen LogP contribution in [-0.4, -0.2) is 12.5 Å². The van der Waals surface area contributed by atoms with E-state index >= 15 is 0 Å². The van der Waals surface area contributed by atoms with Crippen molar-refractivity contribution in [2.24, 2.45) is 0 Å². The first-order valence-electron chi connectivity index (χ1n) is 6.29. The number of carbonyl (C=O) groups excluding carboxylic acids is 1. The zero-order chi connectivity index (χ0) is 13.7. The highest BCUT2D eigenvalue weighted by Gasteiger charge is 2.12. The van der Waals surface area contributed by atoms with Gasteiger partial charge in [0.1, 0.15) is 5.75 Å². The van der Waals surface area contributed by atoms with E-state index in [4.69, 9.17) is 4.74 Å². The van der Waals surface area contributed by atoms with E-state index in [0.29, 0.717) is 18.0 Å². The number of hydrogen-bond donors (Lipinski definition) is 1. The average molecular weight is 275 g/mol. The van der Waals surface area contributed by atoms with Crippen LogP contribution in [0.3, 0.4) is 0 Å². The van der Waals surface area contributed by atoms with Crippen molar-refractivity contribution >= 4 is 22.9 Å². The summed E-state index contributed by atoms with van der Waals surface area (Å²) < 4.78 is 5.62. The number of nitrogens with one attached hydrogen (secondary N) is 1. The molecular formula is C15H17NO2S. The first-order valence-corrected chi connectivity index (χ1v) is 7.17. The Balaban J connectivity index is 2.15. The number of rotatable bonds is 5. The first-order chi connectivity index (χ1) is 9.22. The molecule has 0 aliphatic heterocycles. The molecule has 1 heterocycles. The molecule has 19 heavy (non-hydrogen) atoms. The first kappa shape index (κ1) is 13.6. The maximum absolute atomic E-state index is 12.2. The van der Waals surface area contributed by atoms with Gasteiger partial charge in [0.25, 0.3) is 5.91 Å². The van der Waals surface area contributed by atoms with Gasteiger partial charge in [0, 0.05) is 0 Å². The van der Waals surface area contributed by atoms with Gasteiger partial charge in [0.15, 0.2) is 0 Å². The number of ether oxygens (including phenoxy) is 1. The number of benzene rings is 1. The third kappa shape index (κ3) is 3.35. The van der Waals surface area contributed by atoms with Crippen molar-refractivity contribution in [3.63, 3.8) is 0 Å². The van der Waals surface area contributed by atoms with Gasteiger partial charge >= 0.3 is 0 Å². The second-order valence-corrected chi connectivity index (χ2v) is 5.15. The Morgan fingerprint density at radius 2 is 2.11 bits per heavy atom. The van der Waals surface area contributed by atoms with E-state index in [9.17, 15) is 4.79 Å². The molecule has 1 amide bonds. The van der Waals surface area contributed by atoms with E-state index in [2.05, 4.69) is 12.2 Å². The zero-order valence-corrected chi connectivity index (χ0v) is 11.9. The lowest BCUT2D eigenvalue weighted by Gasteiger charge is -2.11. The largest absolute Gasteiger partial charge is 0.491 e. The van der Waals surface area contributed by atoms with Crippen molar-refractivity contribution in [3.05, 3.63) is 46.2 Å². The van der Waals surface area contributed by atoms with Crippen molar-refractivity contribution in [2.75, 3.05) is 11.9 Å². The van der Waals surface area contributed by atoms with Gasteiger partial charge in [-0.1, -0.05) is 19.1 Å². The van der Waals surface area contributed by atoms with Crippen LogP contribution in [0.4, 0.5) is 5.69 Å². The van der Waals surface area contributed by atoms with Crippen molar-refractivity contribution in [2.45, 2.75) is 20.3 Å². The Labute approximate surface area is 117 Å². The normalized spacial score (nSPS) is 10.2. The molecule has 2 rings (SSSR count). The molecule has 100 valence electrons. The van der Waals surface area contributed by atoms with Crippen molar-refractivity contribution in [1.29, 1.82) is 0 Å². The summed E-state index contributed by atoms with van der Waals surface area (Å²) in [6, 6.07) is 9.45. The Bertz CT molecular complexity index is 563. The summed E-state index contributed by atoms with van der Waals surface area (Å²) in [5, 5.41) is 4.83. The second-order valence-electron chi connectivity index (χ2n) is 4.23. The average Bonchev–Trinajstić information content (AvgIpc) is 2.84. The maximum Gasteiger partial charge on any atom is 0.266 e. The molecule has 1 aromatic heterocycles. The molecule has 0 saturated carbocycles. The van der Waals surface area contributed by atoms with E-state index in [0.717, 1.165) is 16.9 Å². The van der Waals surface area contributed by atoms with Crippen LogP contribution in [0, 0.1) is 6.92 Å². The van der Waals surface area contributed by atoms with E-state index < -0.39 is 0 Å². The minimum Gasteiger partial charge on any atom is -0.491 e. The lowest BCUT2D eigenvalue weighted by molar-refractivity contribution is 0.102. The van der Waals surface area contributed by atoms with Crippen LogP contribution >= 0.6 is 11.3 Å². The van der Waals surface area contributed by atoms with E-state index in [1.807, 2.05) is 42.6 Å². The summed E-state index contributed by atoms with van der Waals surface area (Å²) >= 11 is 1.45. The Hall–Kier alpha value is -1.81. The predicted octanol–water partition coefficient (Wildman–Crippen LogP) is 4.10. The molecule has 2 aromatic rings. The topological polar surface area (TPSA) is 38.3 Å². The quantitative estimate of drug-likeness (QED) is 0.892. The summed E-state index contributed by atoms with van der Waals surface area (Å²) in [6.07, 6.45) is 0.937. The van der Waals surface area contributed by atoms with Gasteiger partial charge in [0.05, 0.1) is 17.2 Å². The fourth-order valence-corrected chi connectivity index (χ4v) is 2.51. The van der Waals surface area contributed by atoms with E-state index in [1.54, 1.807) is 0 Å². The molecule has 1 N–H and O–H groups in total. The van der Waals surface area contributed by atoms with Gasteiger partial charge in [-0.25, -0.2) is 0 Å². The molecule has 0 bridgehead atoms. The molecule has 0 atom stereocenters. The smallest absolute Gasteiger partial charge is 0.266 e. The number of thiophene rings is 1. The molecule has 4 heteroatoms. The fraction of sp³-hybridized carbons (Fsp3) is 0.267. The second kappa shape index (κ2) is 6.38. The molecule has 1 aromatic carbocycles. The molecule has 0 radical (unpaired) electrons. The van der Waals surface area contributed by atoms with Crippen LogP contribution in [0.1, 0.15) is 28.6 Å². The SMILES string of the molecule is CCCOc1ccccc1NC(=O)c1sccc1C. The fourth-order valence-electron chi connectivity index (χ4n) is 1.69. The van der Waals surface area contributed by atoms with Crippen LogP contribution in [-0.2, 0) is 0 Å². The summed E-state index contributed by atoms with van der Waals surface area (Å²) in [4.78, 5) is 12.9. The lowest BCUT2D eigenvalue weighted by Crippen LogP contribution is -2.12. The number of para-hydroxylation sites is 2. The molecular weight excluding hydrogens is 258 g/mol. The Kier molecular flexibility index (Phi) is 4.58. The van der Waals surface area contributed by atoms with Gasteiger partial charge in [-0.3, -0.25) is 4.79 Å². The van der Waals surface area contributed by atoms with Crippen LogP contribution in [0.2, 0.25) is 0 Å². The number of aryl methyl sites for hydroxylation is 1. The highest BCUT2D eigenvalue weighted by Crippen LogP contribution is 2.25. The van der Waals surface area contributed by atoms with E-state index in [-0.39, 0.29) is 5.91 Å². The molecule has 3 nitrogen and oxygen atoms in total. The molecule has 0 fully saturated rings. The van der Waals surface area contributed by atoms with Gasteiger partial charge < -0.3 is 10.1 Å². The molecule has 0 spiro atoms. The van der Waals surface area contributed by atoms with Crippen molar-refractivity contribution in [3.8, 4) is 5.75 Å². The maximum atomic E-state index is 12.2. The van der Waals surface area contributed by atoms with Gasteiger partial charge in [-0.15, -0.1) is 11.3 Å². The highest BCUT2D eigenvalue weighted by atomic mass is 32.1. The molecule has 0 saturated heterocycles. The van der Waals surface area contributed by atoms with Crippen LogP contribution in [0.25, 0.3) is 0 Å². The van der Waals surface area contributed by atoms with Crippen LogP contribution in [0.15, 0.2) is 35.7 Å². The monoisotopic (exact) mass is 275 g/mol. The number of anilines is 1. The number of hydrogen-bond acceptors (Lipinski definition) is 3. The predicted molar refractivity (Wildman–Crippen MR) is 79.2 cm³/mol. The number of amides is 1. The lowest BCUT2D eigenvalue weighted by atomic mass is 10.2. The van der Waals surface area contributed by atoms with Gasteiger partial charge in [-0.05, 0) is 42.5 Å². The summed E-state index contributed by atoms with van der Waals surface area (Å²) in [6.45, 7) is 4.63. The van der Waals surface area contributed by atoms with Crippen molar-refractivity contribution in [1.82, 2.24) is 0 Å². The van der Waals surface area contributed by atoms with E-state index in [1.165, 1.54) is 11.3 Å². The minimum absolute atomic E-state index is 0.0833. The standard InChI is InChI=1S/C15H17NO2S/c1-3-9-18-13-7-5-4-6-12(13)16-15(17)14-11(2)8-10-19-14/h4-8,10H,3,9H2,1-2H3,(H,16,17). The summed E-state index contributed by atoms with van der Waals surface area (Å²) in [7, 11) is 0. The van der Waals surface area contributed by atoms with Crippen LogP contribution < -0.4 is 10.1 Å². The number of carbonyl (C=O) groups is 1.